The molecule has 3 aromatic rings. The van der Waals surface area contributed by atoms with Crippen molar-refractivity contribution in [1.29, 1.82) is 0 Å². The van der Waals surface area contributed by atoms with Crippen LogP contribution in [0.1, 0.15) is 11.3 Å². The van der Waals surface area contributed by atoms with Gasteiger partial charge in [0.05, 0.1) is 11.4 Å². The maximum Gasteiger partial charge on any atom is 0.297 e. The molecule has 0 spiro atoms. The molecule has 1 heterocycles. The lowest BCUT2D eigenvalue weighted by Crippen LogP contribution is -2.26. The summed E-state index contributed by atoms with van der Waals surface area (Å²) < 4.78 is 3.25. The van der Waals surface area contributed by atoms with E-state index in [9.17, 15) is 4.79 Å². The standard InChI is InChI=1S/C20H23N7O/c1-13-9-11-15(12-10-13)23-19(21)25-20(22)24-17-14(2)26(3)27(18(17)28)16-7-5-4-6-8-16/h4-12H,1-3H3,(H5,21,22,23,24,25). The maximum absolute atomic E-state index is 12.8. The van der Waals surface area contributed by atoms with Gasteiger partial charge in [-0.2, -0.15) is 4.99 Å². The zero-order valence-corrected chi connectivity index (χ0v) is 16.0. The highest BCUT2D eigenvalue weighted by atomic mass is 16.1. The van der Waals surface area contributed by atoms with E-state index in [4.69, 9.17) is 11.5 Å². The average molecular weight is 377 g/mol. The Balaban J connectivity index is 1.90. The number of aryl methyl sites for hydroxylation is 1. The lowest BCUT2D eigenvalue weighted by Gasteiger charge is -2.07. The Labute approximate surface area is 162 Å². The number of nitrogens with two attached hydrogens (primary N) is 2. The van der Waals surface area contributed by atoms with E-state index < -0.39 is 0 Å². The molecule has 0 saturated carbocycles. The highest BCUT2D eigenvalue weighted by Crippen LogP contribution is 2.16. The van der Waals surface area contributed by atoms with E-state index in [0.29, 0.717) is 5.69 Å². The van der Waals surface area contributed by atoms with Gasteiger partial charge in [-0.3, -0.25) is 9.48 Å². The van der Waals surface area contributed by atoms with Crippen molar-refractivity contribution in [3.63, 3.8) is 0 Å². The van der Waals surface area contributed by atoms with E-state index in [-0.39, 0.29) is 23.2 Å². The molecule has 5 N–H and O–H groups in total. The van der Waals surface area contributed by atoms with Gasteiger partial charge in [-0.1, -0.05) is 35.9 Å². The third-order valence-corrected chi connectivity index (χ3v) is 4.31. The predicted molar refractivity (Wildman–Crippen MR) is 113 cm³/mol. The van der Waals surface area contributed by atoms with Crippen molar-refractivity contribution in [2.24, 2.45) is 28.5 Å². The Hall–Kier alpha value is -3.81. The predicted octanol–water partition coefficient (Wildman–Crippen LogP) is 2.17. The van der Waals surface area contributed by atoms with Gasteiger partial charge in [0, 0.05) is 12.7 Å². The van der Waals surface area contributed by atoms with Gasteiger partial charge < -0.3 is 16.8 Å². The molecule has 0 unspecified atom stereocenters. The first-order chi connectivity index (χ1) is 13.4. The second-order valence-corrected chi connectivity index (χ2v) is 6.37. The van der Waals surface area contributed by atoms with Crippen molar-refractivity contribution in [3.8, 4) is 5.69 Å². The van der Waals surface area contributed by atoms with Crippen LogP contribution in [0.5, 0.6) is 0 Å². The first-order valence-corrected chi connectivity index (χ1v) is 8.73. The van der Waals surface area contributed by atoms with E-state index in [1.165, 1.54) is 4.68 Å². The second-order valence-electron chi connectivity index (χ2n) is 6.37. The number of para-hydroxylation sites is 1. The minimum absolute atomic E-state index is 0.0853. The van der Waals surface area contributed by atoms with Crippen LogP contribution in [0.25, 0.3) is 5.69 Å². The molecular weight excluding hydrogens is 354 g/mol. The molecule has 28 heavy (non-hydrogen) atoms. The largest absolute Gasteiger partial charge is 0.369 e. The van der Waals surface area contributed by atoms with Crippen LogP contribution in [-0.2, 0) is 7.05 Å². The molecular formula is C20H23N7O. The molecule has 3 rings (SSSR count). The Bertz CT molecular complexity index is 1090. The number of hydrogen-bond acceptors (Lipinski definition) is 2. The minimum Gasteiger partial charge on any atom is -0.369 e. The molecule has 8 nitrogen and oxygen atoms in total. The van der Waals surface area contributed by atoms with Crippen LogP contribution >= 0.6 is 0 Å². The van der Waals surface area contributed by atoms with Gasteiger partial charge in [0.15, 0.2) is 5.69 Å². The smallest absolute Gasteiger partial charge is 0.297 e. The molecule has 1 aromatic heterocycles. The van der Waals surface area contributed by atoms with E-state index in [2.05, 4.69) is 15.3 Å². The van der Waals surface area contributed by atoms with Gasteiger partial charge in [-0.15, -0.1) is 0 Å². The molecule has 0 bridgehead atoms. The molecule has 8 heteroatoms. The van der Waals surface area contributed by atoms with Crippen LogP contribution < -0.4 is 22.3 Å². The van der Waals surface area contributed by atoms with Crippen LogP contribution in [0.15, 0.2) is 69.4 Å². The Morgan fingerprint density at radius 3 is 2.29 bits per heavy atom. The van der Waals surface area contributed by atoms with E-state index in [1.54, 1.807) is 18.7 Å². The number of aromatic nitrogens is 2. The van der Waals surface area contributed by atoms with Crippen molar-refractivity contribution < 1.29 is 0 Å². The SMILES string of the molecule is Cc1ccc(NC(N)=NC(N)=Nc2c(C)n(C)n(-c3ccccc3)c2=O)cc1. The molecule has 0 aliphatic carbocycles. The number of guanidine groups is 2. The molecule has 0 radical (unpaired) electrons. The summed E-state index contributed by atoms with van der Waals surface area (Å²) in [4.78, 5) is 21.1. The average Bonchev–Trinajstić information content (AvgIpc) is 2.87. The number of nitrogens with zero attached hydrogens (tertiary/aromatic N) is 4. The highest BCUT2D eigenvalue weighted by Gasteiger charge is 2.15. The number of benzene rings is 2. The molecule has 0 fully saturated rings. The fourth-order valence-corrected chi connectivity index (χ4v) is 2.76. The molecule has 0 amide bonds. The molecule has 0 aliphatic rings. The van der Waals surface area contributed by atoms with Gasteiger partial charge in [-0.25, -0.2) is 9.67 Å². The topological polar surface area (TPSA) is 116 Å². The van der Waals surface area contributed by atoms with E-state index in [0.717, 1.165) is 16.9 Å². The zero-order chi connectivity index (χ0) is 20.3. The Kier molecular flexibility index (Phi) is 5.30. The highest BCUT2D eigenvalue weighted by molar-refractivity contribution is 6.01. The van der Waals surface area contributed by atoms with Gasteiger partial charge in [0.25, 0.3) is 5.56 Å². The molecule has 0 atom stereocenters. The monoisotopic (exact) mass is 377 g/mol. The molecule has 144 valence electrons. The lowest BCUT2D eigenvalue weighted by molar-refractivity contribution is 0.630. The lowest BCUT2D eigenvalue weighted by atomic mass is 10.2. The first kappa shape index (κ1) is 19.0. The van der Waals surface area contributed by atoms with E-state index in [1.807, 2.05) is 61.5 Å². The number of anilines is 1. The third-order valence-electron chi connectivity index (χ3n) is 4.31. The quantitative estimate of drug-likeness (QED) is 0.479. The normalized spacial score (nSPS) is 12.2. The Morgan fingerprint density at radius 2 is 1.64 bits per heavy atom. The first-order valence-electron chi connectivity index (χ1n) is 8.73. The minimum atomic E-state index is -0.283. The summed E-state index contributed by atoms with van der Waals surface area (Å²) >= 11 is 0. The van der Waals surface area contributed by atoms with Crippen molar-refractivity contribution in [3.05, 3.63) is 76.2 Å². The summed E-state index contributed by atoms with van der Waals surface area (Å²) in [5.74, 6) is -0.0230. The van der Waals surface area contributed by atoms with Crippen LogP contribution in [0.3, 0.4) is 0 Å². The summed E-state index contributed by atoms with van der Waals surface area (Å²) in [6.45, 7) is 3.79. The number of nitrogens with one attached hydrogen (secondary N) is 1. The van der Waals surface area contributed by atoms with E-state index >= 15 is 0 Å². The van der Waals surface area contributed by atoms with Crippen molar-refractivity contribution in [2.45, 2.75) is 13.8 Å². The summed E-state index contributed by atoms with van der Waals surface area (Å²) in [6.07, 6.45) is 0. The fourth-order valence-electron chi connectivity index (χ4n) is 2.76. The molecule has 0 aliphatic heterocycles. The molecule has 0 saturated heterocycles. The fraction of sp³-hybridized carbons (Fsp3) is 0.150. The number of hydrogen-bond donors (Lipinski definition) is 3. The second kappa shape index (κ2) is 7.83. The van der Waals surface area contributed by atoms with Gasteiger partial charge in [0.2, 0.25) is 11.9 Å². The summed E-state index contributed by atoms with van der Waals surface area (Å²) in [5.41, 5.74) is 15.0. The zero-order valence-electron chi connectivity index (χ0n) is 16.0. The summed E-state index contributed by atoms with van der Waals surface area (Å²) in [6, 6.07) is 17.0. The van der Waals surface area contributed by atoms with Crippen LogP contribution in [0.2, 0.25) is 0 Å². The van der Waals surface area contributed by atoms with Crippen molar-refractivity contribution in [1.82, 2.24) is 9.36 Å². The van der Waals surface area contributed by atoms with Gasteiger partial charge in [0.1, 0.15) is 0 Å². The van der Waals surface area contributed by atoms with Crippen molar-refractivity contribution >= 4 is 23.3 Å². The van der Waals surface area contributed by atoms with Crippen LogP contribution in [-0.4, -0.2) is 21.3 Å². The Morgan fingerprint density at radius 1 is 1.00 bits per heavy atom. The van der Waals surface area contributed by atoms with Gasteiger partial charge in [-0.05, 0) is 38.1 Å². The summed E-state index contributed by atoms with van der Waals surface area (Å²) in [7, 11) is 1.79. The van der Waals surface area contributed by atoms with Gasteiger partial charge >= 0.3 is 0 Å². The number of aliphatic imine (C=N–C) groups is 2. The van der Waals surface area contributed by atoms with Crippen LogP contribution in [0, 0.1) is 13.8 Å². The van der Waals surface area contributed by atoms with Crippen LogP contribution in [0.4, 0.5) is 11.4 Å². The summed E-state index contributed by atoms with van der Waals surface area (Å²) in [5, 5.41) is 2.94. The number of rotatable bonds is 3. The third kappa shape index (κ3) is 3.96. The van der Waals surface area contributed by atoms with Crippen molar-refractivity contribution in [2.75, 3.05) is 5.32 Å². The maximum atomic E-state index is 12.8. The molecule has 2 aromatic carbocycles.